The van der Waals surface area contributed by atoms with Crippen LogP contribution in [0, 0.1) is 19.8 Å². The van der Waals surface area contributed by atoms with E-state index in [4.69, 9.17) is 0 Å². The van der Waals surface area contributed by atoms with Gasteiger partial charge >= 0.3 is 0 Å². The fraction of sp³-hybridized carbons (Fsp3) is 0.471. The third kappa shape index (κ3) is 3.74. The average Bonchev–Trinajstić information content (AvgIpc) is 3.12. The van der Waals surface area contributed by atoms with E-state index in [1.807, 2.05) is 10.9 Å². The summed E-state index contributed by atoms with van der Waals surface area (Å²) < 4.78 is 1.99. The second-order valence-electron chi connectivity index (χ2n) is 6.16. The maximum atomic E-state index is 4.31. The van der Waals surface area contributed by atoms with Crippen LogP contribution in [-0.4, -0.2) is 29.4 Å². The Bertz CT molecular complexity index is 607. The first-order chi connectivity index (χ1) is 10.7. The fourth-order valence-corrected chi connectivity index (χ4v) is 3.02. The molecular weight excluding hydrogens is 274 g/mol. The molecule has 2 unspecified atom stereocenters. The minimum atomic E-state index is 0.374. The third-order valence-electron chi connectivity index (χ3n) is 4.18. The molecule has 1 aliphatic rings. The van der Waals surface area contributed by atoms with Gasteiger partial charge in [-0.1, -0.05) is 29.8 Å². The van der Waals surface area contributed by atoms with Gasteiger partial charge in [0.1, 0.15) is 0 Å². The van der Waals surface area contributed by atoms with Gasteiger partial charge in [-0.3, -0.25) is 10.1 Å². The van der Waals surface area contributed by atoms with Gasteiger partial charge in [0.2, 0.25) is 0 Å². The van der Waals surface area contributed by atoms with Crippen LogP contribution in [0.5, 0.6) is 0 Å². The summed E-state index contributed by atoms with van der Waals surface area (Å²) in [5, 5.41) is 7.87. The summed E-state index contributed by atoms with van der Waals surface area (Å²) in [6.45, 7) is 8.06. The standard InChI is InChI=1S/C17H25N5/c1-13-4-3-5-15(8-13)17-16(11-19-21-17)10-18-6-7-22-12-14(2)9-20-22/h3-5,8-9,12,16-19,21H,6-7,10-11H2,1-2H3. The lowest BCUT2D eigenvalue weighted by Crippen LogP contribution is -2.30. The molecule has 2 heterocycles. The second-order valence-corrected chi connectivity index (χ2v) is 6.16. The number of rotatable bonds is 6. The largest absolute Gasteiger partial charge is 0.314 e. The maximum Gasteiger partial charge on any atom is 0.0534 e. The van der Waals surface area contributed by atoms with Gasteiger partial charge in [0.25, 0.3) is 0 Å². The Morgan fingerprint density at radius 1 is 1.32 bits per heavy atom. The van der Waals surface area contributed by atoms with Crippen LogP contribution >= 0.6 is 0 Å². The molecule has 0 bridgehead atoms. The molecule has 2 atom stereocenters. The maximum absolute atomic E-state index is 4.31. The Hall–Kier alpha value is -1.69. The van der Waals surface area contributed by atoms with E-state index in [0.717, 1.165) is 26.2 Å². The van der Waals surface area contributed by atoms with Gasteiger partial charge in [-0.05, 0) is 25.0 Å². The molecule has 3 N–H and O–H groups in total. The van der Waals surface area contributed by atoms with Gasteiger partial charge in [-0.2, -0.15) is 5.10 Å². The molecule has 2 aromatic rings. The molecule has 1 fully saturated rings. The van der Waals surface area contributed by atoms with Gasteiger partial charge in [0.05, 0.1) is 18.8 Å². The summed E-state index contributed by atoms with van der Waals surface area (Å²) in [6, 6.07) is 9.13. The van der Waals surface area contributed by atoms with Crippen molar-refractivity contribution < 1.29 is 0 Å². The Labute approximate surface area is 132 Å². The van der Waals surface area contributed by atoms with Crippen LogP contribution in [0.2, 0.25) is 0 Å². The van der Waals surface area contributed by atoms with Crippen molar-refractivity contribution >= 4 is 0 Å². The highest BCUT2D eigenvalue weighted by Crippen LogP contribution is 2.24. The number of aromatic nitrogens is 2. The lowest BCUT2D eigenvalue weighted by molar-refractivity contribution is 0.431. The molecule has 118 valence electrons. The van der Waals surface area contributed by atoms with Crippen LogP contribution in [0.3, 0.4) is 0 Å². The van der Waals surface area contributed by atoms with Crippen molar-refractivity contribution in [2.75, 3.05) is 19.6 Å². The number of hydrogen-bond donors (Lipinski definition) is 3. The summed E-state index contributed by atoms with van der Waals surface area (Å²) in [5.74, 6) is 0.557. The molecule has 0 saturated carbocycles. The lowest BCUT2D eigenvalue weighted by atomic mass is 9.94. The van der Waals surface area contributed by atoms with E-state index >= 15 is 0 Å². The van der Waals surface area contributed by atoms with Crippen molar-refractivity contribution in [1.29, 1.82) is 0 Å². The number of nitrogens with one attached hydrogen (secondary N) is 3. The molecule has 1 saturated heterocycles. The zero-order valence-electron chi connectivity index (χ0n) is 13.3. The van der Waals surface area contributed by atoms with Crippen LogP contribution in [0.15, 0.2) is 36.7 Å². The van der Waals surface area contributed by atoms with E-state index in [9.17, 15) is 0 Å². The first-order valence-corrected chi connectivity index (χ1v) is 7.97. The van der Waals surface area contributed by atoms with E-state index in [1.165, 1.54) is 16.7 Å². The monoisotopic (exact) mass is 299 g/mol. The average molecular weight is 299 g/mol. The quantitative estimate of drug-likeness (QED) is 0.709. The van der Waals surface area contributed by atoms with E-state index in [2.05, 4.69) is 65.6 Å². The van der Waals surface area contributed by atoms with Gasteiger partial charge in [0, 0.05) is 31.7 Å². The first-order valence-electron chi connectivity index (χ1n) is 7.97. The van der Waals surface area contributed by atoms with E-state index < -0.39 is 0 Å². The van der Waals surface area contributed by atoms with Gasteiger partial charge in [0.15, 0.2) is 0 Å². The highest BCUT2D eigenvalue weighted by Gasteiger charge is 2.27. The Kier molecular flexibility index (Phi) is 4.87. The zero-order valence-corrected chi connectivity index (χ0v) is 13.3. The topological polar surface area (TPSA) is 53.9 Å². The molecule has 1 aromatic carbocycles. The van der Waals surface area contributed by atoms with E-state index in [0.29, 0.717) is 12.0 Å². The second kappa shape index (κ2) is 7.05. The predicted molar refractivity (Wildman–Crippen MR) is 88.4 cm³/mol. The van der Waals surface area contributed by atoms with Crippen LogP contribution in [0.1, 0.15) is 22.7 Å². The zero-order chi connectivity index (χ0) is 15.4. The molecule has 5 heteroatoms. The first kappa shape index (κ1) is 15.2. The Balaban J connectivity index is 1.49. The van der Waals surface area contributed by atoms with Gasteiger partial charge in [-0.25, -0.2) is 5.43 Å². The smallest absolute Gasteiger partial charge is 0.0534 e. The highest BCUT2D eigenvalue weighted by atomic mass is 15.4. The van der Waals surface area contributed by atoms with Gasteiger partial charge < -0.3 is 5.32 Å². The minimum absolute atomic E-state index is 0.374. The molecule has 1 aromatic heterocycles. The molecule has 0 aliphatic carbocycles. The Morgan fingerprint density at radius 2 is 2.23 bits per heavy atom. The van der Waals surface area contributed by atoms with Crippen molar-refractivity contribution in [2.45, 2.75) is 26.4 Å². The summed E-state index contributed by atoms with van der Waals surface area (Å²) in [6.07, 6.45) is 3.98. The van der Waals surface area contributed by atoms with Crippen molar-refractivity contribution in [1.82, 2.24) is 25.9 Å². The molecular formula is C17H25N5. The molecule has 0 amide bonds. The normalized spacial score (nSPS) is 21.4. The van der Waals surface area contributed by atoms with Crippen LogP contribution in [-0.2, 0) is 6.54 Å². The number of nitrogens with zero attached hydrogens (tertiary/aromatic N) is 2. The third-order valence-corrected chi connectivity index (χ3v) is 4.18. The summed E-state index contributed by atoms with van der Waals surface area (Å²) in [5.41, 5.74) is 10.6. The lowest BCUT2D eigenvalue weighted by Gasteiger charge is -2.19. The predicted octanol–water partition coefficient (Wildman–Crippen LogP) is 1.55. The van der Waals surface area contributed by atoms with Crippen LogP contribution in [0.25, 0.3) is 0 Å². The van der Waals surface area contributed by atoms with E-state index in [-0.39, 0.29) is 0 Å². The molecule has 3 rings (SSSR count). The van der Waals surface area contributed by atoms with Gasteiger partial charge in [-0.15, -0.1) is 0 Å². The minimum Gasteiger partial charge on any atom is -0.314 e. The fourth-order valence-electron chi connectivity index (χ4n) is 3.02. The van der Waals surface area contributed by atoms with Crippen LogP contribution < -0.4 is 16.2 Å². The SMILES string of the molecule is Cc1cccc(C2NNCC2CNCCn2cc(C)cn2)c1. The van der Waals surface area contributed by atoms with Crippen molar-refractivity contribution in [3.8, 4) is 0 Å². The molecule has 5 nitrogen and oxygen atoms in total. The molecule has 0 spiro atoms. The Morgan fingerprint density at radius 3 is 3.00 bits per heavy atom. The number of hydrogen-bond acceptors (Lipinski definition) is 4. The van der Waals surface area contributed by atoms with Crippen molar-refractivity contribution in [3.05, 3.63) is 53.3 Å². The number of benzene rings is 1. The number of aryl methyl sites for hydroxylation is 2. The molecule has 0 radical (unpaired) electrons. The molecule has 1 aliphatic heterocycles. The summed E-state index contributed by atoms with van der Waals surface area (Å²) in [4.78, 5) is 0. The molecule has 22 heavy (non-hydrogen) atoms. The number of hydrazine groups is 1. The van der Waals surface area contributed by atoms with Crippen molar-refractivity contribution in [2.24, 2.45) is 5.92 Å². The van der Waals surface area contributed by atoms with Crippen molar-refractivity contribution in [3.63, 3.8) is 0 Å². The summed E-state index contributed by atoms with van der Waals surface area (Å²) >= 11 is 0. The summed E-state index contributed by atoms with van der Waals surface area (Å²) in [7, 11) is 0. The van der Waals surface area contributed by atoms with Crippen LogP contribution in [0.4, 0.5) is 0 Å². The van der Waals surface area contributed by atoms with E-state index in [1.54, 1.807) is 0 Å². The highest BCUT2D eigenvalue weighted by molar-refractivity contribution is 5.26.